The number of nitrogens with one attached hydrogen (secondary N) is 1. The van der Waals surface area contributed by atoms with E-state index in [1.54, 1.807) is 0 Å². The first-order valence-electron chi connectivity index (χ1n) is 6.08. The predicted molar refractivity (Wildman–Crippen MR) is 64.4 cm³/mol. The van der Waals surface area contributed by atoms with Gasteiger partial charge in [-0.2, -0.15) is 0 Å². The Morgan fingerprint density at radius 1 is 1.31 bits per heavy atom. The molecule has 0 amide bonds. The molecule has 94 valence electrons. The number of guanidine groups is 1. The highest BCUT2D eigenvalue weighted by molar-refractivity contribution is 5.78. The maximum absolute atomic E-state index is 8.49. The molecule has 0 spiro atoms. The third kappa shape index (κ3) is 5.92. The van der Waals surface area contributed by atoms with Crippen molar-refractivity contribution in [2.75, 3.05) is 26.4 Å². The van der Waals surface area contributed by atoms with Crippen LogP contribution in [0.1, 0.15) is 32.1 Å². The Morgan fingerprint density at radius 2 is 2.06 bits per heavy atom. The minimum Gasteiger partial charge on any atom is -0.394 e. The van der Waals surface area contributed by atoms with Crippen LogP contribution >= 0.6 is 0 Å². The van der Waals surface area contributed by atoms with E-state index in [0.29, 0.717) is 31.8 Å². The molecule has 1 aliphatic rings. The molecule has 0 saturated heterocycles. The fraction of sp³-hybridized carbons (Fsp3) is 0.909. The van der Waals surface area contributed by atoms with Crippen LogP contribution in [0.2, 0.25) is 0 Å². The van der Waals surface area contributed by atoms with E-state index in [4.69, 9.17) is 15.6 Å². The van der Waals surface area contributed by atoms with Gasteiger partial charge in [-0.25, -0.2) is 0 Å². The second-order valence-electron chi connectivity index (χ2n) is 4.08. The molecule has 5 nitrogen and oxygen atoms in total. The average Bonchev–Trinajstić information content (AvgIpc) is 2.30. The number of nitrogens with zero attached hydrogens (tertiary/aromatic N) is 1. The molecule has 4 N–H and O–H groups in total. The molecule has 0 aromatic carbocycles. The normalized spacial score (nSPS) is 18.7. The summed E-state index contributed by atoms with van der Waals surface area (Å²) >= 11 is 0. The van der Waals surface area contributed by atoms with E-state index >= 15 is 0 Å². The van der Waals surface area contributed by atoms with E-state index in [0.717, 1.165) is 0 Å². The third-order valence-electron chi connectivity index (χ3n) is 2.71. The van der Waals surface area contributed by atoms with Crippen LogP contribution in [0.3, 0.4) is 0 Å². The summed E-state index contributed by atoms with van der Waals surface area (Å²) in [5.74, 6) is 0.513. The zero-order valence-corrected chi connectivity index (χ0v) is 9.82. The Bertz CT molecular complexity index is 203. The smallest absolute Gasteiger partial charge is 0.188 e. The lowest BCUT2D eigenvalue weighted by molar-refractivity contribution is 0.0977. The van der Waals surface area contributed by atoms with Crippen LogP contribution in [0.25, 0.3) is 0 Å². The zero-order chi connectivity index (χ0) is 11.6. The molecule has 16 heavy (non-hydrogen) atoms. The monoisotopic (exact) mass is 229 g/mol. The minimum absolute atomic E-state index is 0.0551. The SMILES string of the molecule is NC(=NCCOCCO)NC1CCCCC1. The zero-order valence-electron chi connectivity index (χ0n) is 9.82. The summed E-state index contributed by atoms with van der Waals surface area (Å²) in [5, 5.41) is 11.7. The summed E-state index contributed by atoms with van der Waals surface area (Å²) in [6, 6.07) is 0.496. The number of ether oxygens (including phenoxy) is 1. The summed E-state index contributed by atoms with van der Waals surface area (Å²) < 4.78 is 5.08. The van der Waals surface area contributed by atoms with E-state index in [9.17, 15) is 0 Å². The van der Waals surface area contributed by atoms with Gasteiger partial charge in [-0.05, 0) is 12.8 Å². The summed E-state index contributed by atoms with van der Waals surface area (Å²) in [6.45, 7) is 1.48. The quantitative estimate of drug-likeness (QED) is 0.346. The Hall–Kier alpha value is -0.810. The van der Waals surface area contributed by atoms with Crippen molar-refractivity contribution < 1.29 is 9.84 Å². The standard InChI is InChI=1S/C11H23N3O2/c12-11(13-6-8-16-9-7-15)14-10-4-2-1-3-5-10/h10,15H,1-9H2,(H3,12,13,14). The lowest BCUT2D eigenvalue weighted by Crippen LogP contribution is -2.41. The molecule has 0 bridgehead atoms. The lowest BCUT2D eigenvalue weighted by atomic mass is 9.96. The van der Waals surface area contributed by atoms with Crippen molar-refractivity contribution >= 4 is 5.96 Å². The molecular weight excluding hydrogens is 206 g/mol. The molecule has 1 aliphatic carbocycles. The van der Waals surface area contributed by atoms with Crippen LogP contribution < -0.4 is 11.1 Å². The van der Waals surface area contributed by atoms with Gasteiger partial charge in [0.2, 0.25) is 0 Å². The van der Waals surface area contributed by atoms with Crippen molar-refractivity contribution in [3.63, 3.8) is 0 Å². The first kappa shape index (κ1) is 13.3. The third-order valence-corrected chi connectivity index (χ3v) is 2.71. The number of aliphatic imine (C=N–C) groups is 1. The number of rotatable bonds is 6. The highest BCUT2D eigenvalue weighted by Gasteiger charge is 2.12. The van der Waals surface area contributed by atoms with Crippen LogP contribution in [0.4, 0.5) is 0 Å². The van der Waals surface area contributed by atoms with Gasteiger partial charge in [0, 0.05) is 6.04 Å². The van der Waals surface area contributed by atoms with Crippen molar-refractivity contribution in [3.8, 4) is 0 Å². The van der Waals surface area contributed by atoms with Crippen LogP contribution in [-0.4, -0.2) is 43.5 Å². The topological polar surface area (TPSA) is 79.9 Å². The molecule has 0 aromatic heterocycles. The summed E-state index contributed by atoms with van der Waals surface area (Å²) in [5.41, 5.74) is 5.75. The van der Waals surface area contributed by atoms with E-state index in [1.807, 2.05) is 0 Å². The number of aliphatic hydroxyl groups is 1. The Balaban J connectivity index is 2.07. The van der Waals surface area contributed by atoms with Crippen molar-refractivity contribution in [1.29, 1.82) is 0 Å². The molecule has 0 unspecified atom stereocenters. The molecule has 0 radical (unpaired) electrons. The van der Waals surface area contributed by atoms with Gasteiger partial charge in [-0.15, -0.1) is 0 Å². The van der Waals surface area contributed by atoms with Crippen molar-refractivity contribution in [3.05, 3.63) is 0 Å². The van der Waals surface area contributed by atoms with E-state index < -0.39 is 0 Å². The second-order valence-corrected chi connectivity index (χ2v) is 4.08. The Morgan fingerprint density at radius 3 is 2.75 bits per heavy atom. The second kappa shape index (κ2) is 8.35. The first-order chi connectivity index (χ1) is 7.83. The number of aliphatic hydroxyl groups excluding tert-OH is 1. The fourth-order valence-corrected chi connectivity index (χ4v) is 1.90. The maximum atomic E-state index is 8.49. The summed E-state index contributed by atoms with van der Waals surface area (Å²) in [4.78, 5) is 4.17. The van der Waals surface area contributed by atoms with Crippen LogP contribution in [0.15, 0.2) is 4.99 Å². The van der Waals surface area contributed by atoms with Gasteiger partial charge >= 0.3 is 0 Å². The van der Waals surface area contributed by atoms with Crippen LogP contribution in [0.5, 0.6) is 0 Å². The molecule has 1 saturated carbocycles. The fourth-order valence-electron chi connectivity index (χ4n) is 1.90. The highest BCUT2D eigenvalue weighted by Crippen LogP contribution is 2.16. The molecular formula is C11H23N3O2. The van der Waals surface area contributed by atoms with E-state index in [-0.39, 0.29) is 6.61 Å². The van der Waals surface area contributed by atoms with Crippen molar-refractivity contribution in [1.82, 2.24) is 5.32 Å². The molecule has 0 aromatic rings. The van der Waals surface area contributed by atoms with Crippen molar-refractivity contribution in [2.24, 2.45) is 10.7 Å². The van der Waals surface area contributed by atoms with Crippen LogP contribution in [-0.2, 0) is 4.74 Å². The molecule has 0 heterocycles. The molecule has 0 atom stereocenters. The number of hydrogen-bond donors (Lipinski definition) is 3. The van der Waals surface area contributed by atoms with E-state index in [1.165, 1.54) is 32.1 Å². The largest absolute Gasteiger partial charge is 0.394 e. The summed E-state index contributed by atoms with van der Waals surface area (Å²) in [6.07, 6.45) is 6.29. The molecule has 1 fully saturated rings. The van der Waals surface area contributed by atoms with Crippen LogP contribution in [0, 0.1) is 0 Å². The molecule has 0 aliphatic heterocycles. The van der Waals surface area contributed by atoms with Gasteiger partial charge in [0.25, 0.3) is 0 Å². The highest BCUT2D eigenvalue weighted by atomic mass is 16.5. The number of hydrogen-bond acceptors (Lipinski definition) is 3. The minimum atomic E-state index is 0.0551. The lowest BCUT2D eigenvalue weighted by Gasteiger charge is -2.23. The Labute approximate surface area is 97.1 Å². The average molecular weight is 229 g/mol. The van der Waals surface area contributed by atoms with Gasteiger partial charge in [-0.1, -0.05) is 19.3 Å². The summed E-state index contributed by atoms with van der Waals surface area (Å²) in [7, 11) is 0. The first-order valence-corrected chi connectivity index (χ1v) is 6.08. The Kier molecular flexibility index (Phi) is 6.92. The van der Waals surface area contributed by atoms with Gasteiger partial charge in [0.05, 0.1) is 26.4 Å². The number of nitrogens with two attached hydrogens (primary N) is 1. The molecule has 5 heteroatoms. The van der Waals surface area contributed by atoms with E-state index in [2.05, 4.69) is 10.3 Å². The van der Waals surface area contributed by atoms with Crippen molar-refractivity contribution in [2.45, 2.75) is 38.1 Å². The molecule has 1 rings (SSSR count). The van der Waals surface area contributed by atoms with Gasteiger partial charge < -0.3 is 20.9 Å². The van der Waals surface area contributed by atoms with Gasteiger partial charge in [0.1, 0.15) is 0 Å². The predicted octanol–water partition coefficient (Wildman–Crippen LogP) is 0.232. The van der Waals surface area contributed by atoms with Gasteiger partial charge in [0.15, 0.2) is 5.96 Å². The van der Waals surface area contributed by atoms with Gasteiger partial charge in [-0.3, -0.25) is 4.99 Å². The maximum Gasteiger partial charge on any atom is 0.188 e.